The summed E-state index contributed by atoms with van der Waals surface area (Å²) in [6, 6.07) is 14.4. The number of aliphatic carboxylic acids is 1. The van der Waals surface area contributed by atoms with Gasteiger partial charge in [-0.3, -0.25) is 9.69 Å². The largest absolute Gasteiger partial charge is 0.489 e. The number of nitrogens with zero attached hydrogens (tertiary/aromatic N) is 1. The standard InChI is InChI=1S/C20H23NO5.ClH/c1-14(21(2)12-19(22)23)11-15-5-9-18(10-6-15)26-13-16-3-7-17(8-4-16)20(24)25;/h3-10,14H,11-13H2,1-2H3,(H,22,23)(H,24,25);1H. The van der Waals surface area contributed by atoms with E-state index in [1.807, 2.05) is 31.2 Å². The van der Waals surface area contributed by atoms with E-state index >= 15 is 0 Å². The second-order valence-corrected chi connectivity index (χ2v) is 6.30. The van der Waals surface area contributed by atoms with Crippen LogP contribution in [0.2, 0.25) is 0 Å². The van der Waals surface area contributed by atoms with Gasteiger partial charge in [-0.25, -0.2) is 4.79 Å². The van der Waals surface area contributed by atoms with E-state index < -0.39 is 11.9 Å². The van der Waals surface area contributed by atoms with Gasteiger partial charge in [-0.15, -0.1) is 12.4 Å². The number of likely N-dealkylation sites (N-methyl/N-ethyl adjacent to an activating group) is 1. The molecule has 0 radical (unpaired) electrons. The van der Waals surface area contributed by atoms with E-state index in [1.165, 1.54) is 0 Å². The zero-order valence-electron chi connectivity index (χ0n) is 15.3. The van der Waals surface area contributed by atoms with Gasteiger partial charge < -0.3 is 14.9 Å². The molecule has 0 heterocycles. The van der Waals surface area contributed by atoms with E-state index in [0.717, 1.165) is 23.3 Å². The van der Waals surface area contributed by atoms with Crippen molar-refractivity contribution < 1.29 is 24.5 Å². The summed E-state index contributed by atoms with van der Waals surface area (Å²) in [5.74, 6) is -1.06. The van der Waals surface area contributed by atoms with Crippen LogP contribution >= 0.6 is 12.4 Å². The predicted octanol–water partition coefficient (Wildman–Crippen LogP) is 3.33. The number of benzene rings is 2. The number of aromatic carboxylic acids is 1. The predicted molar refractivity (Wildman–Crippen MR) is 105 cm³/mol. The number of rotatable bonds is 9. The van der Waals surface area contributed by atoms with E-state index in [4.69, 9.17) is 14.9 Å². The van der Waals surface area contributed by atoms with Gasteiger partial charge in [0, 0.05) is 6.04 Å². The van der Waals surface area contributed by atoms with Crippen molar-refractivity contribution in [1.29, 1.82) is 0 Å². The highest BCUT2D eigenvalue weighted by molar-refractivity contribution is 5.87. The summed E-state index contributed by atoms with van der Waals surface area (Å²) in [5, 5.41) is 17.7. The lowest BCUT2D eigenvalue weighted by molar-refractivity contribution is -0.138. The average molecular weight is 394 g/mol. The first-order valence-corrected chi connectivity index (χ1v) is 8.31. The smallest absolute Gasteiger partial charge is 0.335 e. The maximum atomic E-state index is 10.8. The van der Waals surface area contributed by atoms with Gasteiger partial charge in [-0.05, 0) is 55.8 Å². The van der Waals surface area contributed by atoms with Crippen molar-refractivity contribution in [3.63, 3.8) is 0 Å². The molecule has 27 heavy (non-hydrogen) atoms. The number of ether oxygens (including phenoxy) is 1. The molecule has 0 aromatic heterocycles. The molecule has 0 spiro atoms. The topological polar surface area (TPSA) is 87.1 Å². The fourth-order valence-electron chi connectivity index (χ4n) is 2.50. The molecule has 1 atom stereocenters. The zero-order valence-corrected chi connectivity index (χ0v) is 16.1. The van der Waals surface area contributed by atoms with Crippen LogP contribution in [0.25, 0.3) is 0 Å². The molecule has 7 heteroatoms. The van der Waals surface area contributed by atoms with Crippen LogP contribution in [0.1, 0.15) is 28.4 Å². The molecule has 146 valence electrons. The third kappa shape index (κ3) is 7.29. The maximum absolute atomic E-state index is 10.8. The molecule has 0 aliphatic heterocycles. The first kappa shape index (κ1) is 22.5. The summed E-state index contributed by atoms with van der Waals surface area (Å²) < 4.78 is 5.72. The lowest BCUT2D eigenvalue weighted by Gasteiger charge is -2.22. The fourth-order valence-corrected chi connectivity index (χ4v) is 2.50. The van der Waals surface area contributed by atoms with Gasteiger partial charge in [0.25, 0.3) is 0 Å². The molecule has 0 aliphatic carbocycles. The number of carboxylic acids is 2. The lowest BCUT2D eigenvalue weighted by Crippen LogP contribution is -2.35. The van der Waals surface area contributed by atoms with Crippen LogP contribution in [0.15, 0.2) is 48.5 Å². The fraction of sp³-hybridized carbons (Fsp3) is 0.300. The molecule has 0 saturated carbocycles. The molecular weight excluding hydrogens is 370 g/mol. The molecule has 6 nitrogen and oxygen atoms in total. The molecule has 2 N–H and O–H groups in total. The number of halogens is 1. The summed E-state index contributed by atoms with van der Waals surface area (Å²) >= 11 is 0. The van der Waals surface area contributed by atoms with Gasteiger partial charge in [-0.2, -0.15) is 0 Å². The van der Waals surface area contributed by atoms with E-state index in [-0.39, 0.29) is 30.6 Å². The van der Waals surface area contributed by atoms with Crippen molar-refractivity contribution in [2.45, 2.75) is 26.0 Å². The lowest BCUT2D eigenvalue weighted by atomic mass is 10.1. The Kier molecular flexibility index (Phi) is 8.78. The van der Waals surface area contributed by atoms with Crippen molar-refractivity contribution in [2.24, 2.45) is 0 Å². The third-order valence-electron chi connectivity index (χ3n) is 4.20. The molecule has 0 aliphatic rings. The van der Waals surface area contributed by atoms with Crippen LogP contribution in [-0.2, 0) is 17.8 Å². The van der Waals surface area contributed by atoms with Crippen LogP contribution in [0.4, 0.5) is 0 Å². The number of hydrogen-bond acceptors (Lipinski definition) is 4. The molecule has 1 unspecified atom stereocenters. The van der Waals surface area contributed by atoms with Gasteiger partial charge in [-0.1, -0.05) is 24.3 Å². The number of hydrogen-bond donors (Lipinski definition) is 2. The van der Waals surface area contributed by atoms with Crippen LogP contribution in [0, 0.1) is 0 Å². The van der Waals surface area contributed by atoms with Crippen LogP contribution in [-0.4, -0.2) is 46.7 Å². The van der Waals surface area contributed by atoms with Crippen molar-refractivity contribution >= 4 is 24.3 Å². The van der Waals surface area contributed by atoms with E-state index in [0.29, 0.717) is 6.61 Å². The highest BCUT2D eigenvalue weighted by Crippen LogP contribution is 2.16. The van der Waals surface area contributed by atoms with Crippen molar-refractivity contribution in [3.8, 4) is 5.75 Å². The second-order valence-electron chi connectivity index (χ2n) is 6.30. The molecule has 2 rings (SSSR count). The van der Waals surface area contributed by atoms with Gasteiger partial charge >= 0.3 is 11.9 Å². The Morgan fingerprint density at radius 3 is 2.07 bits per heavy atom. The average Bonchev–Trinajstić information content (AvgIpc) is 2.61. The first-order chi connectivity index (χ1) is 12.3. The first-order valence-electron chi connectivity index (χ1n) is 8.31. The molecular formula is C20H24ClNO5. The van der Waals surface area contributed by atoms with Gasteiger partial charge in [0.2, 0.25) is 0 Å². The van der Waals surface area contributed by atoms with E-state index in [9.17, 15) is 9.59 Å². The van der Waals surface area contributed by atoms with Crippen molar-refractivity contribution in [3.05, 3.63) is 65.2 Å². The molecule has 0 saturated heterocycles. The minimum Gasteiger partial charge on any atom is -0.489 e. The molecule has 0 amide bonds. The zero-order chi connectivity index (χ0) is 19.1. The monoisotopic (exact) mass is 393 g/mol. The summed E-state index contributed by atoms with van der Waals surface area (Å²) in [5.41, 5.74) is 2.25. The Bertz CT molecular complexity index is 746. The summed E-state index contributed by atoms with van der Waals surface area (Å²) in [7, 11) is 1.80. The number of carboxylic acid groups (broad SMARTS) is 2. The van der Waals surface area contributed by atoms with Crippen molar-refractivity contribution in [2.75, 3.05) is 13.6 Å². The number of carbonyl (C=O) groups is 2. The van der Waals surface area contributed by atoms with E-state index in [2.05, 4.69) is 0 Å². The van der Waals surface area contributed by atoms with Crippen molar-refractivity contribution in [1.82, 2.24) is 4.90 Å². The van der Waals surface area contributed by atoms with Gasteiger partial charge in [0.1, 0.15) is 12.4 Å². The minimum absolute atomic E-state index is 0. The third-order valence-corrected chi connectivity index (χ3v) is 4.20. The summed E-state index contributed by atoms with van der Waals surface area (Å²) in [6.45, 7) is 2.37. The van der Waals surface area contributed by atoms with Crippen LogP contribution < -0.4 is 4.74 Å². The van der Waals surface area contributed by atoms with Crippen LogP contribution in [0.3, 0.4) is 0 Å². The normalized spacial score (nSPS) is 11.5. The van der Waals surface area contributed by atoms with E-state index in [1.54, 1.807) is 36.2 Å². The Morgan fingerprint density at radius 2 is 1.56 bits per heavy atom. The maximum Gasteiger partial charge on any atom is 0.335 e. The summed E-state index contributed by atoms with van der Waals surface area (Å²) in [4.78, 5) is 23.4. The Balaban J connectivity index is 0.00000364. The Labute approximate surface area is 164 Å². The second kappa shape index (κ2) is 10.5. The summed E-state index contributed by atoms with van der Waals surface area (Å²) in [6.07, 6.45) is 0.751. The van der Waals surface area contributed by atoms with Gasteiger partial charge in [0.05, 0.1) is 12.1 Å². The quantitative estimate of drug-likeness (QED) is 0.679. The molecule has 2 aromatic carbocycles. The molecule has 0 bridgehead atoms. The SMILES string of the molecule is CC(Cc1ccc(OCc2ccc(C(=O)O)cc2)cc1)N(C)CC(=O)O.Cl. The van der Waals surface area contributed by atoms with Crippen LogP contribution in [0.5, 0.6) is 5.75 Å². The molecule has 0 fully saturated rings. The highest BCUT2D eigenvalue weighted by atomic mass is 35.5. The Hall–Kier alpha value is -2.57. The minimum atomic E-state index is -0.948. The Morgan fingerprint density at radius 1 is 1.00 bits per heavy atom. The van der Waals surface area contributed by atoms with Gasteiger partial charge in [0.15, 0.2) is 0 Å². The molecule has 2 aromatic rings. The highest BCUT2D eigenvalue weighted by Gasteiger charge is 2.13.